The molecule has 0 aliphatic carbocycles. The van der Waals surface area contributed by atoms with Crippen LogP contribution in [0.1, 0.15) is 17.3 Å². The Labute approximate surface area is 112 Å². The highest BCUT2D eigenvalue weighted by Gasteiger charge is 2.18. The number of esters is 1. The lowest BCUT2D eigenvalue weighted by atomic mass is 10.2. The van der Waals surface area contributed by atoms with E-state index in [1.807, 2.05) is 0 Å². The van der Waals surface area contributed by atoms with Crippen molar-refractivity contribution in [3.63, 3.8) is 0 Å². The number of ether oxygens (including phenoxy) is 1. The molecule has 0 aliphatic rings. The van der Waals surface area contributed by atoms with Crippen molar-refractivity contribution >= 4 is 11.9 Å². The maximum Gasteiger partial charge on any atom is 0.325 e. The maximum absolute atomic E-state index is 12.2. The molecule has 0 spiro atoms. The Morgan fingerprint density at radius 2 is 2.21 bits per heavy atom. The summed E-state index contributed by atoms with van der Waals surface area (Å²) in [5.41, 5.74) is 0.311. The molecule has 1 aromatic carbocycles. The van der Waals surface area contributed by atoms with E-state index in [4.69, 9.17) is 4.74 Å². The summed E-state index contributed by atoms with van der Waals surface area (Å²) in [6.45, 7) is 5.60. The molecule has 0 atom stereocenters. The lowest BCUT2D eigenvalue weighted by Crippen LogP contribution is -2.36. The maximum atomic E-state index is 12.2. The van der Waals surface area contributed by atoms with Crippen molar-refractivity contribution in [1.82, 2.24) is 4.90 Å². The molecule has 0 fully saturated rings. The molecule has 1 aromatic rings. The fourth-order valence-electron chi connectivity index (χ4n) is 1.56. The topological polar surface area (TPSA) is 66.8 Å². The first-order valence-electron chi connectivity index (χ1n) is 5.93. The van der Waals surface area contributed by atoms with Gasteiger partial charge in [-0.15, -0.1) is 6.58 Å². The van der Waals surface area contributed by atoms with Gasteiger partial charge in [-0.3, -0.25) is 9.59 Å². The van der Waals surface area contributed by atoms with Crippen molar-refractivity contribution in [2.24, 2.45) is 0 Å². The van der Waals surface area contributed by atoms with Gasteiger partial charge < -0.3 is 14.7 Å². The first-order valence-corrected chi connectivity index (χ1v) is 5.93. The van der Waals surface area contributed by atoms with Crippen molar-refractivity contribution in [3.05, 3.63) is 42.5 Å². The summed E-state index contributed by atoms with van der Waals surface area (Å²) in [5.74, 6) is -0.831. The third kappa shape index (κ3) is 4.46. The second kappa shape index (κ2) is 7.20. The predicted octanol–water partition coefficient (Wildman–Crippen LogP) is 1.58. The lowest BCUT2D eigenvalue weighted by molar-refractivity contribution is -0.143. The van der Waals surface area contributed by atoms with Crippen molar-refractivity contribution in [2.45, 2.75) is 6.92 Å². The van der Waals surface area contributed by atoms with E-state index in [-0.39, 0.29) is 31.4 Å². The Kier molecular flexibility index (Phi) is 5.60. The van der Waals surface area contributed by atoms with E-state index in [2.05, 4.69) is 6.58 Å². The molecule has 0 radical (unpaired) electrons. The molecular formula is C14H17NO4. The van der Waals surface area contributed by atoms with Crippen LogP contribution in [-0.4, -0.2) is 41.6 Å². The van der Waals surface area contributed by atoms with Crippen LogP contribution in [0.4, 0.5) is 0 Å². The smallest absolute Gasteiger partial charge is 0.325 e. The highest BCUT2D eigenvalue weighted by Crippen LogP contribution is 2.13. The van der Waals surface area contributed by atoms with Crippen molar-refractivity contribution < 1.29 is 19.4 Å². The minimum absolute atomic E-state index is 0.000498. The van der Waals surface area contributed by atoms with E-state index < -0.39 is 5.97 Å². The Morgan fingerprint density at radius 3 is 2.79 bits per heavy atom. The molecule has 1 N–H and O–H groups in total. The van der Waals surface area contributed by atoms with E-state index in [0.717, 1.165) is 0 Å². The van der Waals surface area contributed by atoms with Gasteiger partial charge in [0.25, 0.3) is 5.91 Å². The van der Waals surface area contributed by atoms with Gasteiger partial charge in [0.05, 0.1) is 6.61 Å². The number of phenols is 1. The fourth-order valence-corrected chi connectivity index (χ4v) is 1.56. The predicted molar refractivity (Wildman–Crippen MR) is 70.8 cm³/mol. The third-order valence-electron chi connectivity index (χ3n) is 2.36. The third-order valence-corrected chi connectivity index (χ3v) is 2.36. The van der Waals surface area contributed by atoms with Crippen molar-refractivity contribution in [3.8, 4) is 5.75 Å². The molecule has 19 heavy (non-hydrogen) atoms. The number of aromatic hydroxyl groups is 1. The molecule has 102 valence electrons. The van der Waals surface area contributed by atoms with Crippen molar-refractivity contribution in [1.29, 1.82) is 0 Å². The van der Waals surface area contributed by atoms with E-state index >= 15 is 0 Å². The van der Waals surface area contributed by atoms with E-state index in [1.54, 1.807) is 19.1 Å². The molecule has 0 unspecified atom stereocenters. The van der Waals surface area contributed by atoms with Gasteiger partial charge in [-0.1, -0.05) is 12.1 Å². The highest BCUT2D eigenvalue weighted by molar-refractivity contribution is 5.96. The van der Waals surface area contributed by atoms with Gasteiger partial charge in [-0.2, -0.15) is 0 Å². The summed E-state index contributed by atoms with van der Waals surface area (Å²) in [6, 6.07) is 5.96. The van der Waals surface area contributed by atoms with E-state index in [9.17, 15) is 14.7 Å². The summed E-state index contributed by atoms with van der Waals surface area (Å²) in [7, 11) is 0. The molecule has 0 saturated heterocycles. The highest BCUT2D eigenvalue weighted by atomic mass is 16.5. The minimum Gasteiger partial charge on any atom is -0.508 e. The summed E-state index contributed by atoms with van der Waals surface area (Å²) in [4.78, 5) is 24.9. The molecule has 0 saturated carbocycles. The summed E-state index contributed by atoms with van der Waals surface area (Å²) in [6.07, 6.45) is 1.53. The first kappa shape index (κ1) is 14.8. The molecule has 0 aliphatic heterocycles. The number of hydrogen-bond acceptors (Lipinski definition) is 4. The summed E-state index contributed by atoms with van der Waals surface area (Å²) < 4.78 is 4.81. The van der Waals surface area contributed by atoms with Gasteiger partial charge in [-0.05, 0) is 25.1 Å². The Hall–Kier alpha value is -2.30. The zero-order valence-corrected chi connectivity index (χ0v) is 10.8. The normalized spacial score (nSPS) is 9.74. The fraction of sp³-hybridized carbons (Fsp3) is 0.286. The number of benzene rings is 1. The van der Waals surface area contributed by atoms with Crippen LogP contribution in [0.5, 0.6) is 5.75 Å². The number of amides is 1. The molecular weight excluding hydrogens is 246 g/mol. The van der Waals surface area contributed by atoms with Crippen LogP contribution in [0, 0.1) is 0 Å². The van der Waals surface area contributed by atoms with Crippen LogP contribution < -0.4 is 0 Å². The Bertz CT molecular complexity index is 470. The van der Waals surface area contributed by atoms with Crippen LogP contribution in [-0.2, 0) is 9.53 Å². The number of carbonyl (C=O) groups excluding carboxylic acids is 2. The monoisotopic (exact) mass is 263 g/mol. The van der Waals surface area contributed by atoms with Crippen LogP contribution in [0.15, 0.2) is 36.9 Å². The van der Waals surface area contributed by atoms with Gasteiger partial charge in [0.2, 0.25) is 0 Å². The number of hydrogen-bond donors (Lipinski definition) is 1. The quantitative estimate of drug-likeness (QED) is 0.625. The Morgan fingerprint density at radius 1 is 1.47 bits per heavy atom. The number of rotatable bonds is 6. The molecule has 5 heteroatoms. The van der Waals surface area contributed by atoms with Gasteiger partial charge >= 0.3 is 5.97 Å². The SMILES string of the molecule is C=CCN(CC(=O)OCC)C(=O)c1cccc(O)c1. The average molecular weight is 263 g/mol. The molecule has 0 bridgehead atoms. The number of carbonyl (C=O) groups is 2. The second-order valence-electron chi connectivity index (χ2n) is 3.83. The average Bonchev–Trinajstić information content (AvgIpc) is 2.37. The molecule has 0 heterocycles. The van der Waals surface area contributed by atoms with Crippen LogP contribution in [0.25, 0.3) is 0 Å². The van der Waals surface area contributed by atoms with Gasteiger partial charge in [0, 0.05) is 12.1 Å². The summed E-state index contributed by atoms with van der Waals surface area (Å²) >= 11 is 0. The first-order chi connectivity index (χ1) is 9.08. The summed E-state index contributed by atoms with van der Waals surface area (Å²) in [5, 5.41) is 9.36. The molecule has 5 nitrogen and oxygen atoms in total. The van der Waals surface area contributed by atoms with E-state index in [0.29, 0.717) is 5.56 Å². The van der Waals surface area contributed by atoms with Crippen LogP contribution in [0.2, 0.25) is 0 Å². The van der Waals surface area contributed by atoms with Crippen LogP contribution in [0.3, 0.4) is 0 Å². The Balaban J connectivity index is 2.83. The standard InChI is InChI=1S/C14H17NO4/c1-3-8-15(10-13(17)19-4-2)14(18)11-6-5-7-12(16)9-11/h3,5-7,9,16H,1,4,8,10H2,2H3. The number of nitrogens with zero attached hydrogens (tertiary/aromatic N) is 1. The van der Waals surface area contributed by atoms with Gasteiger partial charge in [0.1, 0.15) is 12.3 Å². The molecule has 1 rings (SSSR count). The minimum atomic E-state index is -0.474. The lowest BCUT2D eigenvalue weighted by Gasteiger charge is -2.20. The van der Waals surface area contributed by atoms with Gasteiger partial charge in [0.15, 0.2) is 0 Å². The zero-order valence-electron chi connectivity index (χ0n) is 10.8. The van der Waals surface area contributed by atoms with Gasteiger partial charge in [-0.25, -0.2) is 0 Å². The van der Waals surface area contributed by atoms with Crippen LogP contribution >= 0.6 is 0 Å². The largest absolute Gasteiger partial charge is 0.508 e. The van der Waals surface area contributed by atoms with Crippen molar-refractivity contribution in [2.75, 3.05) is 19.7 Å². The second-order valence-corrected chi connectivity index (χ2v) is 3.83. The molecule has 1 amide bonds. The molecule has 0 aromatic heterocycles. The van der Waals surface area contributed by atoms with E-state index in [1.165, 1.54) is 23.1 Å². The number of phenolic OH excluding ortho intramolecular Hbond substituents is 1. The zero-order chi connectivity index (χ0) is 14.3.